The second-order valence-corrected chi connectivity index (χ2v) is 5.73. The van der Waals surface area contributed by atoms with Gasteiger partial charge in [-0.1, -0.05) is 19.8 Å². The normalized spacial score (nSPS) is 12.1. The number of aliphatic carboxylic acids is 1. The van der Waals surface area contributed by atoms with Crippen LogP contribution in [0.25, 0.3) is 0 Å². The van der Waals surface area contributed by atoms with Crippen LogP contribution in [0.3, 0.4) is 0 Å². The third-order valence-electron chi connectivity index (χ3n) is 2.85. The maximum Gasteiger partial charge on any atom is 0.320 e. The number of hydrogen-bond donors (Lipinski definition) is 2. The zero-order valence-electron chi connectivity index (χ0n) is 11.1. The van der Waals surface area contributed by atoms with E-state index in [9.17, 15) is 14.9 Å². The Morgan fingerprint density at radius 2 is 2.20 bits per heavy atom. The number of nitro benzene ring substituents is 1. The first-order chi connectivity index (χ1) is 9.43. The van der Waals surface area contributed by atoms with E-state index in [2.05, 4.69) is 5.32 Å². The molecule has 110 valence electrons. The summed E-state index contributed by atoms with van der Waals surface area (Å²) in [4.78, 5) is 21.4. The second kappa shape index (κ2) is 8.15. The van der Waals surface area contributed by atoms with E-state index < -0.39 is 16.9 Å². The molecule has 0 heterocycles. The highest BCUT2D eigenvalue weighted by Gasteiger charge is 2.16. The largest absolute Gasteiger partial charge is 0.480 e. The maximum atomic E-state index is 11.1. The number of carbonyl (C=O) groups is 1. The molecule has 0 aliphatic rings. The number of nitrogens with one attached hydrogen (secondary N) is 1. The molecule has 0 bridgehead atoms. The number of carboxylic acids is 1. The molecular formula is C13H17IN2O4. The van der Waals surface area contributed by atoms with Gasteiger partial charge in [0.25, 0.3) is 5.69 Å². The Kier molecular flexibility index (Phi) is 6.86. The van der Waals surface area contributed by atoms with Crippen molar-refractivity contribution in [3.05, 3.63) is 37.4 Å². The Hall–Kier alpha value is -1.22. The second-order valence-electron chi connectivity index (χ2n) is 4.49. The number of unbranched alkanes of at least 4 members (excludes halogenated alkanes) is 1. The Bertz CT molecular complexity index is 493. The number of halogens is 1. The highest BCUT2D eigenvalue weighted by atomic mass is 127. The average Bonchev–Trinajstić information content (AvgIpc) is 2.37. The van der Waals surface area contributed by atoms with E-state index in [1.165, 1.54) is 12.1 Å². The molecule has 0 amide bonds. The fourth-order valence-electron chi connectivity index (χ4n) is 1.80. The first-order valence-electron chi connectivity index (χ1n) is 6.34. The molecule has 0 saturated heterocycles. The Morgan fingerprint density at radius 1 is 1.50 bits per heavy atom. The molecule has 1 rings (SSSR count). The molecule has 0 spiro atoms. The van der Waals surface area contributed by atoms with Gasteiger partial charge in [-0.25, -0.2) is 0 Å². The molecule has 20 heavy (non-hydrogen) atoms. The molecule has 7 heteroatoms. The van der Waals surface area contributed by atoms with Crippen LogP contribution >= 0.6 is 22.6 Å². The molecule has 1 aromatic carbocycles. The summed E-state index contributed by atoms with van der Waals surface area (Å²) in [6.45, 7) is 2.31. The molecule has 0 saturated carbocycles. The van der Waals surface area contributed by atoms with Crippen molar-refractivity contribution in [3.63, 3.8) is 0 Å². The van der Waals surface area contributed by atoms with Gasteiger partial charge in [0.05, 0.1) is 4.92 Å². The molecule has 0 fully saturated rings. The summed E-state index contributed by atoms with van der Waals surface area (Å²) in [6, 6.07) is 4.13. The summed E-state index contributed by atoms with van der Waals surface area (Å²) in [7, 11) is 0. The highest BCUT2D eigenvalue weighted by molar-refractivity contribution is 14.1. The van der Waals surface area contributed by atoms with Crippen molar-refractivity contribution in [1.82, 2.24) is 5.32 Å². The molecule has 6 nitrogen and oxygen atoms in total. The SMILES string of the molecule is CCCC[C@H](NCc1cc(I)cc([N+](=O)[O-])c1)C(=O)O. The topological polar surface area (TPSA) is 92.5 Å². The van der Waals surface area contributed by atoms with Gasteiger partial charge in [-0.2, -0.15) is 0 Å². The maximum absolute atomic E-state index is 11.1. The zero-order valence-corrected chi connectivity index (χ0v) is 13.3. The number of nitro groups is 1. The van der Waals surface area contributed by atoms with Gasteiger partial charge in [-0.15, -0.1) is 0 Å². The zero-order chi connectivity index (χ0) is 15.1. The lowest BCUT2D eigenvalue weighted by atomic mass is 10.1. The van der Waals surface area contributed by atoms with Gasteiger partial charge in [0.15, 0.2) is 0 Å². The summed E-state index contributed by atoms with van der Waals surface area (Å²) in [5.41, 5.74) is 0.737. The van der Waals surface area contributed by atoms with Crippen molar-refractivity contribution in [3.8, 4) is 0 Å². The number of non-ortho nitro benzene ring substituents is 1. The average molecular weight is 392 g/mol. The minimum atomic E-state index is -0.890. The van der Waals surface area contributed by atoms with Crippen molar-refractivity contribution in [2.24, 2.45) is 0 Å². The third-order valence-corrected chi connectivity index (χ3v) is 3.47. The summed E-state index contributed by atoms with van der Waals surface area (Å²) < 4.78 is 0.758. The number of hydrogen-bond acceptors (Lipinski definition) is 4. The molecular weight excluding hydrogens is 375 g/mol. The smallest absolute Gasteiger partial charge is 0.320 e. The van der Waals surface area contributed by atoms with E-state index in [0.717, 1.165) is 16.4 Å². The number of nitrogens with zero attached hydrogens (tertiary/aromatic N) is 1. The minimum Gasteiger partial charge on any atom is -0.480 e. The van der Waals surface area contributed by atoms with Gasteiger partial charge in [0.2, 0.25) is 0 Å². The minimum absolute atomic E-state index is 0.0223. The Labute approximate surface area is 130 Å². The first-order valence-corrected chi connectivity index (χ1v) is 7.42. The van der Waals surface area contributed by atoms with Crippen LogP contribution in [-0.2, 0) is 11.3 Å². The van der Waals surface area contributed by atoms with Crippen molar-refractivity contribution in [1.29, 1.82) is 0 Å². The van der Waals surface area contributed by atoms with Gasteiger partial charge < -0.3 is 10.4 Å². The summed E-state index contributed by atoms with van der Waals surface area (Å²) >= 11 is 2.01. The number of carboxylic acid groups (broad SMARTS) is 1. The van der Waals surface area contributed by atoms with E-state index >= 15 is 0 Å². The van der Waals surface area contributed by atoms with Crippen LogP contribution in [0.5, 0.6) is 0 Å². The van der Waals surface area contributed by atoms with E-state index in [4.69, 9.17) is 5.11 Å². The lowest BCUT2D eigenvalue weighted by Gasteiger charge is -2.14. The van der Waals surface area contributed by atoms with E-state index in [1.54, 1.807) is 6.07 Å². The molecule has 0 aliphatic carbocycles. The van der Waals surface area contributed by atoms with Crippen LogP contribution in [0.15, 0.2) is 18.2 Å². The molecule has 0 aliphatic heterocycles. The van der Waals surface area contributed by atoms with Crippen molar-refractivity contribution < 1.29 is 14.8 Å². The lowest BCUT2D eigenvalue weighted by molar-refractivity contribution is -0.385. The summed E-state index contributed by atoms with van der Waals surface area (Å²) in [5.74, 6) is -0.890. The molecule has 1 aromatic rings. The van der Waals surface area contributed by atoms with Crippen molar-refractivity contribution in [2.75, 3.05) is 0 Å². The standard InChI is InChI=1S/C13H17IN2O4/c1-2-3-4-12(13(17)18)15-8-9-5-10(14)7-11(6-9)16(19)20/h5-7,12,15H,2-4,8H2,1H3,(H,17,18)/t12-/m0/s1. The number of rotatable bonds is 8. The van der Waals surface area contributed by atoms with Crippen molar-refractivity contribution >= 4 is 34.2 Å². The van der Waals surface area contributed by atoms with Gasteiger partial charge in [0, 0.05) is 22.2 Å². The van der Waals surface area contributed by atoms with Crippen LogP contribution in [0, 0.1) is 13.7 Å². The highest BCUT2D eigenvalue weighted by Crippen LogP contribution is 2.18. The Morgan fingerprint density at radius 3 is 2.75 bits per heavy atom. The Balaban J connectivity index is 2.72. The molecule has 0 aromatic heterocycles. The summed E-state index contributed by atoms with van der Waals surface area (Å²) in [6.07, 6.45) is 2.31. The number of benzene rings is 1. The van der Waals surface area contributed by atoms with Gasteiger partial charge >= 0.3 is 5.97 Å². The van der Waals surface area contributed by atoms with Gasteiger partial charge in [-0.05, 0) is 40.6 Å². The van der Waals surface area contributed by atoms with Crippen LogP contribution in [0.2, 0.25) is 0 Å². The van der Waals surface area contributed by atoms with E-state index in [1.807, 2.05) is 29.5 Å². The van der Waals surface area contributed by atoms with E-state index in [-0.39, 0.29) is 5.69 Å². The van der Waals surface area contributed by atoms with Crippen LogP contribution in [-0.4, -0.2) is 22.0 Å². The van der Waals surface area contributed by atoms with Gasteiger partial charge in [0.1, 0.15) is 6.04 Å². The predicted molar refractivity (Wildman–Crippen MR) is 83.6 cm³/mol. The fourth-order valence-corrected chi connectivity index (χ4v) is 2.52. The van der Waals surface area contributed by atoms with Crippen LogP contribution in [0.1, 0.15) is 31.7 Å². The van der Waals surface area contributed by atoms with Crippen LogP contribution < -0.4 is 5.32 Å². The van der Waals surface area contributed by atoms with Crippen molar-refractivity contribution in [2.45, 2.75) is 38.8 Å². The third kappa shape index (κ3) is 5.41. The van der Waals surface area contributed by atoms with E-state index in [0.29, 0.717) is 18.5 Å². The molecule has 2 N–H and O–H groups in total. The quantitative estimate of drug-likeness (QED) is 0.403. The molecule has 0 unspecified atom stereocenters. The predicted octanol–water partition coefficient (Wildman–Crippen LogP) is 2.93. The van der Waals surface area contributed by atoms with Gasteiger partial charge in [-0.3, -0.25) is 14.9 Å². The molecule has 1 atom stereocenters. The molecule has 0 radical (unpaired) electrons. The lowest BCUT2D eigenvalue weighted by Crippen LogP contribution is -2.36. The first kappa shape index (κ1) is 16.8. The fraction of sp³-hybridized carbons (Fsp3) is 0.462. The summed E-state index contributed by atoms with van der Waals surface area (Å²) in [5, 5.41) is 22.8. The monoisotopic (exact) mass is 392 g/mol. The van der Waals surface area contributed by atoms with Crippen LogP contribution in [0.4, 0.5) is 5.69 Å².